The van der Waals surface area contributed by atoms with Crippen molar-refractivity contribution in [2.24, 2.45) is 0 Å². The number of anilines is 2. The molecule has 102 heavy (non-hydrogen) atoms. The van der Waals surface area contributed by atoms with Crippen LogP contribution in [0, 0.1) is 13.8 Å². The van der Waals surface area contributed by atoms with E-state index in [1.807, 2.05) is 13.8 Å². The molecule has 15 rings (SSSR count). The van der Waals surface area contributed by atoms with Crippen LogP contribution in [0.5, 0.6) is 0 Å². The van der Waals surface area contributed by atoms with Gasteiger partial charge in [0.05, 0.1) is 20.6 Å². The van der Waals surface area contributed by atoms with Gasteiger partial charge in [-0.3, -0.25) is 0 Å². The second-order valence-electron chi connectivity index (χ2n) is 28.7. The number of likely N-dealkylation sites (N-methyl/N-ethyl adjacent to an activating group) is 2. The van der Waals surface area contributed by atoms with Gasteiger partial charge in [0.1, 0.15) is 34.3 Å². The molecule has 0 saturated carbocycles. The zero-order valence-corrected chi connectivity index (χ0v) is 61.2. The topological polar surface area (TPSA) is 127 Å². The molecule has 10 nitrogen and oxygen atoms in total. The van der Waals surface area contributed by atoms with Crippen LogP contribution in [0.1, 0.15) is 83.3 Å². The average molecular weight is 1380 g/mol. The van der Waals surface area contributed by atoms with E-state index in [0.717, 1.165) is 36.8 Å². The minimum Gasteiger partial charge on any atom is -0.744 e. The van der Waals surface area contributed by atoms with Gasteiger partial charge < -0.3 is 18.9 Å². The Morgan fingerprint density at radius 1 is 0.373 bits per heavy atom. The molecule has 12 heteroatoms. The van der Waals surface area contributed by atoms with Crippen molar-refractivity contribution in [3.05, 3.63) is 358 Å². The third-order valence-corrected chi connectivity index (χ3v) is 23.1. The summed E-state index contributed by atoms with van der Waals surface area (Å²) in [6, 6.07) is 88.8. The number of benzene rings is 11. The van der Waals surface area contributed by atoms with Crippen molar-refractivity contribution in [1.29, 1.82) is 0 Å². The Labute approximate surface area is 602 Å². The Morgan fingerprint density at radius 2 is 0.667 bits per heavy atom. The summed E-state index contributed by atoms with van der Waals surface area (Å²) in [4.78, 5) is 4.56. The van der Waals surface area contributed by atoms with Crippen LogP contribution in [0.4, 0.5) is 22.7 Å². The monoisotopic (exact) mass is 1380 g/mol. The summed E-state index contributed by atoms with van der Waals surface area (Å²) in [5.74, 6) is 0. The quantitative estimate of drug-likeness (QED) is 0.0778. The highest BCUT2D eigenvalue weighted by Gasteiger charge is 2.49. The molecule has 514 valence electrons. The number of fused-ring (bicyclic) bond motifs is 6. The predicted octanol–water partition coefficient (Wildman–Crippen LogP) is 18.4. The van der Waals surface area contributed by atoms with E-state index in [2.05, 4.69) is 318 Å². The van der Waals surface area contributed by atoms with E-state index in [1.165, 1.54) is 136 Å². The fraction of sp³-hybridized carbons (Fsp3) is 0.200. The summed E-state index contributed by atoms with van der Waals surface area (Å²) in [6.07, 6.45) is 17.7. The molecular weight excluding hydrogens is 1300 g/mol. The number of rotatable bonds is 14. The maximum atomic E-state index is 10.4. The minimum atomic E-state index is -4.27. The second-order valence-corrected chi connectivity index (χ2v) is 31.5. The predicted molar refractivity (Wildman–Crippen MR) is 416 cm³/mol. The van der Waals surface area contributed by atoms with Crippen LogP contribution in [-0.2, 0) is 67.6 Å². The average Bonchev–Trinajstić information content (AvgIpc) is 1.59. The molecule has 0 N–H and O–H groups in total. The SMILES string of the molecule is CN1C(=CC=CC2=[N+](C)c3cc4ccccc4cc3C2(C)C)C(Cc2ccccc2)(Cc2ccc(CC3(Cc4ccccc4)C(=CC=CC4=[N+](C)c5cc6ccccc6cc5C4(C)C)N(C)c4ccccc43)cc2)c2ccccc21.Cc1ccc(S(=O)(=O)[O-])cc1.Cc1ccc(S(=O)(=O)[O-])cc1. The Balaban J connectivity index is 0.000000360. The van der Waals surface area contributed by atoms with Gasteiger partial charge in [0.15, 0.2) is 11.4 Å². The van der Waals surface area contributed by atoms with Crippen LogP contribution >= 0.6 is 0 Å². The zero-order chi connectivity index (χ0) is 71.9. The van der Waals surface area contributed by atoms with Crippen LogP contribution in [-0.4, -0.2) is 74.7 Å². The van der Waals surface area contributed by atoms with E-state index in [9.17, 15) is 25.9 Å². The third kappa shape index (κ3) is 13.6. The van der Waals surface area contributed by atoms with Gasteiger partial charge in [-0.25, -0.2) is 16.8 Å². The van der Waals surface area contributed by atoms with Crippen molar-refractivity contribution in [2.75, 3.05) is 38.0 Å². The van der Waals surface area contributed by atoms with Crippen LogP contribution in [0.2, 0.25) is 0 Å². The number of para-hydroxylation sites is 2. The van der Waals surface area contributed by atoms with Crippen molar-refractivity contribution in [2.45, 2.75) is 98.7 Å². The van der Waals surface area contributed by atoms with Crippen molar-refractivity contribution >= 4 is 76.0 Å². The number of allylic oxidation sites excluding steroid dienone is 8. The first-order valence-corrected chi connectivity index (χ1v) is 37.5. The molecular formula is C90H86N4O6S2. The maximum absolute atomic E-state index is 10.4. The molecule has 4 aliphatic heterocycles. The molecule has 0 spiro atoms. The highest BCUT2D eigenvalue weighted by atomic mass is 32.2. The van der Waals surface area contributed by atoms with Gasteiger partial charge in [-0.05, 0) is 183 Å². The molecule has 0 aliphatic carbocycles. The standard InChI is InChI=1S/C76H72N4.2C7H8O3S/c1-73(2)63-45-57-29-15-17-31-59(57)47-67(63)79(7)69(73)37-23-39-71-75(49-53-25-11-9-12-26-53,61-33-19-21-35-65(61)77(71)5)51-55-41-43-56(44-42-55)52-76(50-54-27-13-10-14-28-54)62-34-20-22-36-66(62)78(6)72(76)40-24-38-70-74(3,4)64-46-58-30-16-18-32-60(58)48-68(64)80(70)8;2*1-6-2-4-7(5-3-6)11(8,9)10/h9-48H,49-52H2,1-8H3;2*2-5H,1H3,(H,8,9,10)/q+2;;/p-2. The third-order valence-electron chi connectivity index (χ3n) is 21.4. The molecule has 11 aromatic rings. The molecule has 2 atom stereocenters. The van der Waals surface area contributed by atoms with Crippen LogP contribution in [0.25, 0.3) is 21.5 Å². The minimum absolute atomic E-state index is 0.161. The number of hydrogen-bond acceptors (Lipinski definition) is 8. The maximum Gasteiger partial charge on any atom is 0.210 e. The molecule has 0 radical (unpaired) electrons. The normalized spacial score (nSPS) is 18.8. The largest absolute Gasteiger partial charge is 0.744 e. The summed E-state index contributed by atoms with van der Waals surface area (Å²) in [7, 11) is 0.456. The van der Waals surface area contributed by atoms with Gasteiger partial charge in [0.2, 0.25) is 11.4 Å². The van der Waals surface area contributed by atoms with E-state index >= 15 is 0 Å². The lowest BCUT2D eigenvalue weighted by Crippen LogP contribution is -2.35. The molecule has 2 unspecified atom stereocenters. The van der Waals surface area contributed by atoms with Gasteiger partial charge in [-0.15, -0.1) is 0 Å². The Hall–Kier alpha value is -10.3. The smallest absolute Gasteiger partial charge is 0.210 e. The molecule has 0 amide bonds. The lowest BCUT2D eigenvalue weighted by Gasteiger charge is -2.34. The molecule has 4 aliphatic rings. The van der Waals surface area contributed by atoms with Crippen molar-refractivity contribution in [1.82, 2.24) is 0 Å². The zero-order valence-electron chi connectivity index (χ0n) is 59.6. The summed E-state index contributed by atoms with van der Waals surface area (Å²) in [6.45, 7) is 13.1. The first kappa shape index (κ1) is 70.1. The molecule has 0 aromatic heterocycles. The second kappa shape index (κ2) is 27.9. The van der Waals surface area contributed by atoms with Crippen molar-refractivity contribution < 1.29 is 35.1 Å². The summed E-state index contributed by atoms with van der Waals surface area (Å²) in [5.41, 5.74) is 22.0. The summed E-state index contributed by atoms with van der Waals surface area (Å²) in [5, 5.41) is 5.12. The van der Waals surface area contributed by atoms with Crippen molar-refractivity contribution in [3.63, 3.8) is 0 Å². The van der Waals surface area contributed by atoms with Gasteiger partial charge in [0.25, 0.3) is 0 Å². The first-order valence-electron chi connectivity index (χ1n) is 34.7. The van der Waals surface area contributed by atoms with Gasteiger partial charge in [-0.2, -0.15) is 9.15 Å². The first-order chi connectivity index (χ1) is 48.8. The lowest BCUT2D eigenvalue weighted by atomic mass is 9.69. The molecule has 4 heterocycles. The number of aryl methyl sites for hydroxylation is 2. The lowest BCUT2D eigenvalue weighted by molar-refractivity contribution is -0.401. The van der Waals surface area contributed by atoms with Gasteiger partial charge in [-0.1, -0.05) is 217 Å². The van der Waals surface area contributed by atoms with E-state index in [-0.39, 0.29) is 31.5 Å². The molecule has 0 saturated heterocycles. The van der Waals surface area contributed by atoms with E-state index < -0.39 is 20.2 Å². The number of nitrogens with zero attached hydrogens (tertiary/aromatic N) is 4. The Morgan fingerprint density at radius 3 is 1.00 bits per heavy atom. The van der Waals surface area contributed by atoms with Crippen molar-refractivity contribution in [3.8, 4) is 0 Å². The van der Waals surface area contributed by atoms with Gasteiger partial charge >= 0.3 is 0 Å². The van der Waals surface area contributed by atoms with Crippen LogP contribution < -0.4 is 9.80 Å². The van der Waals surface area contributed by atoms with Crippen LogP contribution in [0.15, 0.2) is 312 Å². The van der Waals surface area contributed by atoms with Gasteiger partial charge in [0, 0.05) is 83.1 Å². The van der Waals surface area contributed by atoms with E-state index in [1.54, 1.807) is 24.3 Å². The fourth-order valence-electron chi connectivity index (χ4n) is 16.2. The highest BCUT2D eigenvalue weighted by molar-refractivity contribution is 7.86. The fourth-order valence-corrected chi connectivity index (χ4v) is 17.1. The van der Waals surface area contributed by atoms with E-state index in [0.29, 0.717) is 0 Å². The number of hydrogen-bond donors (Lipinski definition) is 0. The molecule has 11 aromatic carbocycles. The summed E-state index contributed by atoms with van der Waals surface area (Å²) < 4.78 is 67.1. The molecule has 0 fully saturated rings. The molecule has 0 bridgehead atoms. The van der Waals surface area contributed by atoms with Crippen LogP contribution in [0.3, 0.4) is 0 Å². The Kier molecular flexibility index (Phi) is 19.2. The van der Waals surface area contributed by atoms with E-state index in [4.69, 9.17) is 0 Å². The summed E-state index contributed by atoms with van der Waals surface area (Å²) >= 11 is 0. The highest BCUT2D eigenvalue weighted by Crippen LogP contribution is 2.54. The Bertz CT molecular complexity index is 5120.